The smallest absolute Gasteiger partial charge is 0.246 e. The second-order valence-electron chi connectivity index (χ2n) is 13.0. The third-order valence-corrected chi connectivity index (χ3v) is 9.62. The number of nitrogens with zero attached hydrogens (tertiary/aromatic N) is 4. The maximum absolute atomic E-state index is 6.72. The van der Waals surface area contributed by atoms with E-state index in [9.17, 15) is 0 Å². The summed E-state index contributed by atoms with van der Waals surface area (Å²) in [5.41, 5.74) is 11.8. The van der Waals surface area contributed by atoms with Crippen LogP contribution in [0.3, 0.4) is 0 Å². The molecular formula is C46H34N4O. The molecule has 5 nitrogen and oxygen atoms in total. The Kier molecular flexibility index (Phi) is 8.07. The number of rotatable bonds is 7. The fraction of sp³-hybridized carbons (Fsp3) is 0.0870. The number of oxazole rings is 1. The first kappa shape index (κ1) is 30.6. The van der Waals surface area contributed by atoms with Crippen molar-refractivity contribution < 1.29 is 4.42 Å². The monoisotopic (exact) mass is 658 g/mol. The lowest BCUT2D eigenvalue weighted by atomic mass is 9.94. The van der Waals surface area contributed by atoms with Gasteiger partial charge < -0.3 is 4.42 Å². The van der Waals surface area contributed by atoms with Crippen molar-refractivity contribution >= 4 is 11.1 Å². The largest absolute Gasteiger partial charge is 0.435 e. The van der Waals surface area contributed by atoms with Gasteiger partial charge in [0.15, 0.2) is 5.58 Å². The molecule has 0 radical (unpaired) electrons. The number of aromatic nitrogens is 4. The first-order chi connectivity index (χ1) is 25.2. The Balaban J connectivity index is 1.22. The molecule has 2 unspecified atom stereocenters. The van der Waals surface area contributed by atoms with Crippen molar-refractivity contribution in [2.75, 3.05) is 0 Å². The standard InChI is InChI=1S/C46H34N4O/c1-4-13-31(14-5-1)34-19-11-22-37(26-34)40-27-39(36-21-10-20-35(25-36)38-23-12-24-47-30-38)28-43-44(40)50-46(51-43)42-29-41(32-15-6-2-7-16-32)48-45(49-42)33-17-8-3-9-18-33/h1-15,17,19-30,32-33H,16,18H2. The van der Waals surface area contributed by atoms with Crippen molar-refractivity contribution in [2.45, 2.75) is 24.7 Å². The highest BCUT2D eigenvalue weighted by molar-refractivity contribution is 5.97. The Morgan fingerprint density at radius 1 is 0.529 bits per heavy atom. The van der Waals surface area contributed by atoms with Gasteiger partial charge in [-0.1, -0.05) is 121 Å². The molecule has 0 saturated heterocycles. The van der Waals surface area contributed by atoms with Crippen LogP contribution < -0.4 is 0 Å². The number of pyridine rings is 1. The number of hydrogen-bond acceptors (Lipinski definition) is 5. The molecule has 0 saturated carbocycles. The minimum Gasteiger partial charge on any atom is -0.435 e. The highest BCUT2D eigenvalue weighted by Gasteiger charge is 2.22. The SMILES string of the molecule is C1=CCC(c2cc(-c3nc4c(-c5cccc(-c6ccccc6)c5)cc(-c5cccc(-c6cccnc6)c5)cc4o3)nc(C3C=CC=CC3)n2)C=C1. The first-order valence-electron chi connectivity index (χ1n) is 17.4. The van der Waals surface area contributed by atoms with Crippen LogP contribution in [0.1, 0.15) is 36.2 Å². The number of allylic oxidation sites excluding steroid dienone is 8. The molecule has 7 aromatic rings. The van der Waals surface area contributed by atoms with E-state index in [2.05, 4.69) is 151 Å². The van der Waals surface area contributed by atoms with Gasteiger partial charge in [-0.15, -0.1) is 0 Å². The summed E-state index contributed by atoms with van der Waals surface area (Å²) >= 11 is 0. The van der Waals surface area contributed by atoms with Crippen LogP contribution in [0.25, 0.3) is 67.2 Å². The summed E-state index contributed by atoms with van der Waals surface area (Å²) in [6.07, 6.45) is 22.5. The highest BCUT2D eigenvalue weighted by atomic mass is 16.3. The lowest BCUT2D eigenvalue weighted by molar-refractivity contribution is 0.613. The maximum Gasteiger partial charge on any atom is 0.246 e. The summed E-state index contributed by atoms with van der Waals surface area (Å²) < 4.78 is 6.72. The summed E-state index contributed by atoms with van der Waals surface area (Å²) in [7, 11) is 0. The fourth-order valence-electron chi connectivity index (χ4n) is 6.96. The molecule has 51 heavy (non-hydrogen) atoms. The van der Waals surface area contributed by atoms with Crippen LogP contribution >= 0.6 is 0 Å². The van der Waals surface area contributed by atoms with E-state index in [-0.39, 0.29) is 11.8 Å². The van der Waals surface area contributed by atoms with Gasteiger partial charge >= 0.3 is 0 Å². The molecule has 4 aromatic carbocycles. The molecule has 0 N–H and O–H groups in total. The number of fused-ring (bicyclic) bond motifs is 1. The van der Waals surface area contributed by atoms with Gasteiger partial charge in [0, 0.05) is 35.4 Å². The minimum absolute atomic E-state index is 0.0937. The zero-order chi connectivity index (χ0) is 34.0. The summed E-state index contributed by atoms with van der Waals surface area (Å²) in [6.45, 7) is 0. The van der Waals surface area contributed by atoms with Crippen LogP contribution in [0, 0.1) is 0 Å². The van der Waals surface area contributed by atoms with Crippen molar-refractivity contribution in [3.8, 4) is 56.1 Å². The molecule has 0 amide bonds. The third-order valence-electron chi connectivity index (χ3n) is 9.62. The molecular weight excluding hydrogens is 625 g/mol. The molecule has 2 aliphatic carbocycles. The van der Waals surface area contributed by atoms with Crippen LogP contribution in [0.2, 0.25) is 0 Å². The Hall–Kier alpha value is -6.46. The normalized spacial score (nSPS) is 16.5. The topological polar surface area (TPSA) is 64.7 Å². The predicted octanol–water partition coefficient (Wildman–Crippen LogP) is 11.5. The van der Waals surface area contributed by atoms with Gasteiger partial charge in [0.25, 0.3) is 0 Å². The van der Waals surface area contributed by atoms with Crippen LogP contribution in [-0.4, -0.2) is 19.9 Å². The molecule has 5 heteroatoms. The van der Waals surface area contributed by atoms with Crippen LogP contribution in [0.4, 0.5) is 0 Å². The van der Waals surface area contributed by atoms with Gasteiger partial charge in [-0.3, -0.25) is 4.98 Å². The van der Waals surface area contributed by atoms with E-state index in [1.54, 1.807) is 6.20 Å². The van der Waals surface area contributed by atoms with Crippen LogP contribution in [0.5, 0.6) is 0 Å². The molecule has 0 fully saturated rings. The number of benzene rings is 4. The van der Waals surface area contributed by atoms with Crippen molar-refractivity contribution in [3.05, 3.63) is 182 Å². The lowest BCUT2D eigenvalue weighted by Gasteiger charge is -2.17. The Morgan fingerprint density at radius 2 is 1.22 bits per heavy atom. The molecule has 0 bridgehead atoms. The van der Waals surface area contributed by atoms with Gasteiger partial charge in [0.2, 0.25) is 5.89 Å². The molecule has 0 spiro atoms. The molecule has 3 aromatic heterocycles. The van der Waals surface area contributed by atoms with Gasteiger partial charge in [-0.2, -0.15) is 0 Å². The van der Waals surface area contributed by atoms with E-state index in [1.165, 1.54) is 0 Å². The van der Waals surface area contributed by atoms with E-state index < -0.39 is 0 Å². The molecule has 2 aliphatic rings. The summed E-state index contributed by atoms with van der Waals surface area (Å²) in [4.78, 5) is 19.7. The Bertz CT molecular complexity index is 2440. The quantitative estimate of drug-likeness (QED) is 0.170. The molecule has 244 valence electrons. The van der Waals surface area contributed by atoms with E-state index >= 15 is 0 Å². The van der Waals surface area contributed by atoms with E-state index in [1.807, 2.05) is 18.3 Å². The second kappa shape index (κ2) is 13.4. The van der Waals surface area contributed by atoms with Gasteiger partial charge in [-0.25, -0.2) is 15.0 Å². The van der Waals surface area contributed by atoms with Gasteiger partial charge in [0.1, 0.15) is 17.0 Å². The maximum atomic E-state index is 6.72. The Labute approximate surface area is 297 Å². The van der Waals surface area contributed by atoms with Crippen molar-refractivity contribution in [2.24, 2.45) is 0 Å². The average molecular weight is 659 g/mol. The van der Waals surface area contributed by atoms with Crippen molar-refractivity contribution in [1.82, 2.24) is 19.9 Å². The van der Waals surface area contributed by atoms with Gasteiger partial charge in [0.05, 0.1) is 5.69 Å². The highest BCUT2D eigenvalue weighted by Crippen LogP contribution is 2.39. The summed E-state index contributed by atoms with van der Waals surface area (Å²) in [5.74, 6) is 1.54. The van der Waals surface area contributed by atoms with Gasteiger partial charge in [-0.05, 0) is 82.6 Å². The average Bonchev–Trinajstić information content (AvgIpc) is 3.66. The molecule has 0 aliphatic heterocycles. The zero-order valence-corrected chi connectivity index (χ0v) is 27.9. The van der Waals surface area contributed by atoms with E-state index in [0.717, 1.165) is 74.4 Å². The first-order valence-corrected chi connectivity index (χ1v) is 17.4. The predicted molar refractivity (Wildman–Crippen MR) is 206 cm³/mol. The summed E-state index contributed by atoms with van der Waals surface area (Å²) in [6, 6.07) is 38.1. The van der Waals surface area contributed by atoms with E-state index in [4.69, 9.17) is 19.4 Å². The minimum atomic E-state index is 0.0937. The van der Waals surface area contributed by atoms with Crippen molar-refractivity contribution in [3.63, 3.8) is 0 Å². The third kappa shape index (κ3) is 6.26. The fourth-order valence-corrected chi connectivity index (χ4v) is 6.96. The Morgan fingerprint density at radius 3 is 1.96 bits per heavy atom. The second-order valence-corrected chi connectivity index (χ2v) is 13.0. The van der Waals surface area contributed by atoms with Crippen LogP contribution in [0.15, 0.2) is 175 Å². The molecule has 9 rings (SSSR count). The van der Waals surface area contributed by atoms with Crippen LogP contribution in [-0.2, 0) is 0 Å². The van der Waals surface area contributed by atoms with E-state index in [0.29, 0.717) is 17.2 Å². The zero-order valence-electron chi connectivity index (χ0n) is 27.9. The molecule has 2 atom stereocenters. The summed E-state index contributed by atoms with van der Waals surface area (Å²) in [5, 5.41) is 0. The molecule has 3 heterocycles. The number of hydrogen-bond donors (Lipinski definition) is 0. The van der Waals surface area contributed by atoms with Crippen molar-refractivity contribution in [1.29, 1.82) is 0 Å². The lowest BCUT2D eigenvalue weighted by Crippen LogP contribution is -2.09.